The van der Waals surface area contributed by atoms with E-state index in [9.17, 15) is 18.3 Å². The van der Waals surface area contributed by atoms with Crippen LogP contribution in [0.5, 0.6) is 5.75 Å². The summed E-state index contributed by atoms with van der Waals surface area (Å²) >= 11 is 0. The lowest BCUT2D eigenvalue weighted by Gasteiger charge is -2.08. The van der Waals surface area contributed by atoms with E-state index in [2.05, 4.69) is 0 Å². The van der Waals surface area contributed by atoms with Crippen molar-refractivity contribution in [1.82, 2.24) is 0 Å². The summed E-state index contributed by atoms with van der Waals surface area (Å²) in [6.07, 6.45) is -3.90. The molecule has 0 saturated heterocycles. The highest BCUT2D eigenvalue weighted by Crippen LogP contribution is 2.29. The molecule has 0 aliphatic rings. The Bertz CT molecular complexity index is 529. The van der Waals surface area contributed by atoms with Gasteiger partial charge in [0.1, 0.15) is 5.75 Å². The smallest absolute Gasteiger partial charge is 0.416 e. The number of para-hydroxylation sites is 1. The predicted octanol–water partition coefficient (Wildman–Crippen LogP) is 4.00. The Balaban J connectivity index is 2.19. The topological polar surface area (TPSA) is 20.2 Å². The molecular formula is C14H11F3O. The molecule has 0 amide bonds. The Morgan fingerprint density at radius 1 is 0.889 bits per heavy atom. The van der Waals surface area contributed by atoms with Crippen molar-refractivity contribution < 1.29 is 18.3 Å². The Morgan fingerprint density at radius 3 is 2.06 bits per heavy atom. The van der Waals surface area contributed by atoms with Crippen LogP contribution in [0.3, 0.4) is 0 Å². The van der Waals surface area contributed by atoms with E-state index < -0.39 is 11.7 Å². The van der Waals surface area contributed by atoms with Gasteiger partial charge in [-0.1, -0.05) is 30.3 Å². The van der Waals surface area contributed by atoms with Crippen molar-refractivity contribution in [2.45, 2.75) is 12.6 Å². The summed E-state index contributed by atoms with van der Waals surface area (Å²) < 4.78 is 37.1. The first-order valence-corrected chi connectivity index (χ1v) is 5.40. The fourth-order valence-corrected chi connectivity index (χ4v) is 1.69. The third kappa shape index (κ3) is 2.83. The molecule has 0 spiro atoms. The van der Waals surface area contributed by atoms with Crippen molar-refractivity contribution in [1.29, 1.82) is 0 Å². The van der Waals surface area contributed by atoms with Crippen LogP contribution in [0, 0.1) is 0 Å². The second-order valence-corrected chi connectivity index (χ2v) is 4.00. The third-order valence-corrected chi connectivity index (χ3v) is 2.67. The molecule has 0 saturated carbocycles. The first-order chi connectivity index (χ1) is 8.47. The summed E-state index contributed by atoms with van der Waals surface area (Å²) in [5.74, 6) is 0.150. The molecule has 2 aromatic rings. The fourth-order valence-electron chi connectivity index (χ4n) is 1.69. The zero-order valence-electron chi connectivity index (χ0n) is 9.41. The van der Waals surface area contributed by atoms with Crippen LogP contribution < -0.4 is 0 Å². The van der Waals surface area contributed by atoms with Gasteiger partial charge in [0.2, 0.25) is 0 Å². The molecule has 0 fully saturated rings. The minimum Gasteiger partial charge on any atom is -0.508 e. The van der Waals surface area contributed by atoms with Crippen LogP contribution in [0.25, 0.3) is 0 Å². The number of phenols is 1. The van der Waals surface area contributed by atoms with Crippen molar-refractivity contribution in [3.8, 4) is 5.75 Å². The molecule has 0 atom stereocenters. The Hall–Kier alpha value is -1.97. The maximum atomic E-state index is 12.4. The van der Waals surface area contributed by atoms with E-state index in [1.165, 1.54) is 12.1 Å². The lowest BCUT2D eigenvalue weighted by molar-refractivity contribution is -0.137. The van der Waals surface area contributed by atoms with E-state index >= 15 is 0 Å². The number of rotatable bonds is 2. The molecule has 0 heterocycles. The molecule has 0 bridgehead atoms. The van der Waals surface area contributed by atoms with Crippen LogP contribution in [0.1, 0.15) is 16.7 Å². The average molecular weight is 252 g/mol. The van der Waals surface area contributed by atoms with Gasteiger partial charge in [-0.05, 0) is 29.3 Å². The highest BCUT2D eigenvalue weighted by atomic mass is 19.4. The molecule has 0 unspecified atom stereocenters. The van der Waals surface area contributed by atoms with Crippen LogP contribution in [0.4, 0.5) is 13.2 Å². The van der Waals surface area contributed by atoms with Crippen molar-refractivity contribution in [2.24, 2.45) is 0 Å². The molecule has 1 N–H and O–H groups in total. The average Bonchev–Trinajstić information content (AvgIpc) is 2.32. The highest BCUT2D eigenvalue weighted by Gasteiger charge is 2.29. The van der Waals surface area contributed by atoms with E-state index in [-0.39, 0.29) is 5.75 Å². The molecule has 0 aliphatic carbocycles. The number of phenolic OH excluding ortho intramolecular Hbond substituents is 1. The number of hydrogen-bond donors (Lipinski definition) is 1. The van der Waals surface area contributed by atoms with Crippen molar-refractivity contribution >= 4 is 0 Å². The fraction of sp³-hybridized carbons (Fsp3) is 0.143. The van der Waals surface area contributed by atoms with Gasteiger partial charge in [-0.2, -0.15) is 13.2 Å². The molecule has 94 valence electrons. The maximum Gasteiger partial charge on any atom is 0.416 e. The standard InChI is InChI=1S/C14H11F3O/c15-14(16,17)12-7-5-10(6-8-12)9-11-3-1-2-4-13(11)18/h1-8,18H,9H2. The second-order valence-electron chi connectivity index (χ2n) is 4.00. The SMILES string of the molecule is Oc1ccccc1Cc1ccc(C(F)(F)F)cc1. The number of aromatic hydroxyl groups is 1. The van der Waals surface area contributed by atoms with Crippen LogP contribution >= 0.6 is 0 Å². The molecular weight excluding hydrogens is 241 g/mol. The van der Waals surface area contributed by atoms with Crippen molar-refractivity contribution in [3.63, 3.8) is 0 Å². The Labute approximate surface area is 103 Å². The number of halogens is 3. The largest absolute Gasteiger partial charge is 0.508 e. The number of alkyl halides is 3. The van der Waals surface area contributed by atoms with E-state index in [1.807, 2.05) is 0 Å². The van der Waals surface area contributed by atoms with Gasteiger partial charge in [0.15, 0.2) is 0 Å². The first kappa shape index (κ1) is 12.5. The van der Waals surface area contributed by atoms with Crippen molar-refractivity contribution in [3.05, 3.63) is 65.2 Å². The molecule has 18 heavy (non-hydrogen) atoms. The lowest BCUT2D eigenvalue weighted by Crippen LogP contribution is -2.04. The monoisotopic (exact) mass is 252 g/mol. The normalized spacial score (nSPS) is 11.5. The van der Waals surface area contributed by atoms with Crippen LogP contribution in [-0.2, 0) is 12.6 Å². The van der Waals surface area contributed by atoms with Gasteiger partial charge in [-0.3, -0.25) is 0 Å². The molecule has 4 heteroatoms. The molecule has 2 rings (SSSR count). The molecule has 0 radical (unpaired) electrons. The Kier molecular flexibility index (Phi) is 3.28. The summed E-state index contributed by atoms with van der Waals surface area (Å²) in [6, 6.07) is 11.7. The Morgan fingerprint density at radius 2 is 1.50 bits per heavy atom. The second kappa shape index (κ2) is 4.72. The molecule has 2 aromatic carbocycles. The van der Waals surface area contributed by atoms with Gasteiger partial charge >= 0.3 is 6.18 Å². The minimum absolute atomic E-state index is 0.150. The summed E-state index contributed by atoms with van der Waals surface area (Å²) in [4.78, 5) is 0. The lowest BCUT2D eigenvalue weighted by atomic mass is 10.0. The molecule has 0 aliphatic heterocycles. The summed E-state index contributed by atoms with van der Waals surface area (Å²) in [7, 11) is 0. The van der Waals surface area contributed by atoms with E-state index in [1.54, 1.807) is 24.3 Å². The third-order valence-electron chi connectivity index (χ3n) is 2.67. The van der Waals surface area contributed by atoms with E-state index in [0.717, 1.165) is 17.7 Å². The zero-order chi connectivity index (χ0) is 13.2. The van der Waals surface area contributed by atoms with Gasteiger partial charge in [0, 0.05) is 6.42 Å². The first-order valence-electron chi connectivity index (χ1n) is 5.40. The molecule has 0 aromatic heterocycles. The van der Waals surface area contributed by atoms with Crippen LogP contribution in [0.15, 0.2) is 48.5 Å². The maximum absolute atomic E-state index is 12.4. The number of benzene rings is 2. The van der Waals surface area contributed by atoms with Gasteiger partial charge < -0.3 is 5.11 Å². The summed E-state index contributed by atoms with van der Waals surface area (Å²) in [6.45, 7) is 0. The predicted molar refractivity (Wildman–Crippen MR) is 62.4 cm³/mol. The molecule has 1 nitrogen and oxygen atoms in total. The minimum atomic E-state index is -4.31. The zero-order valence-corrected chi connectivity index (χ0v) is 9.41. The van der Waals surface area contributed by atoms with E-state index in [4.69, 9.17) is 0 Å². The van der Waals surface area contributed by atoms with Crippen LogP contribution in [0.2, 0.25) is 0 Å². The van der Waals surface area contributed by atoms with Crippen LogP contribution in [-0.4, -0.2) is 5.11 Å². The highest BCUT2D eigenvalue weighted by molar-refractivity contribution is 5.37. The van der Waals surface area contributed by atoms with Crippen molar-refractivity contribution in [2.75, 3.05) is 0 Å². The summed E-state index contributed by atoms with van der Waals surface area (Å²) in [5, 5.41) is 9.58. The van der Waals surface area contributed by atoms with Gasteiger partial charge in [0.05, 0.1) is 5.56 Å². The van der Waals surface area contributed by atoms with Gasteiger partial charge in [-0.25, -0.2) is 0 Å². The quantitative estimate of drug-likeness (QED) is 0.856. The van der Waals surface area contributed by atoms with Gasteiger partial charge in [0.25, 0.3) is 0 Å². The summed E-state index contributed by atoms with van der Waals surface area (Å²) in [5.41, 5.74) is 0.755. The van der Waals surface area contributed by atoms with E-state index in [0.29, 0.717) is 12.0 Å². The van der Waals surface area contributed by atoms with Gasteiger partial charge in [-0.15, -0.1) is 0 Å². The number of hydrogen-bond acceptors (Lipinski definition) is 1.